The Bertz CT molecular complexity index is 503. The molecule has 0 aromatic carbocycles. The molecule has 7 heteroatoms. The van der Waals surface area contributed by atoms with Gasteiger partial charge in [0.1, 0.15) is 24.6 Å². The van der Waals surface area contributed by atoms with Gasteiger partial charge in [0.15, 0.2) is 6.29 Å². The Morgan fingerprint density at radius 1 is 0.879 bits per heavy atom. The van der Waals surface area contributed by atoms with E-state index in [0.717, 1.165) is 38.4 Å². The Kier molecular flexibility index (Phi) is 18.5. The Morgan fingerprint density at radius 2 is 1.42 bits per heavy atom. The molecule has 1 saturated heterocycles. The molecular formula is C26H49O6P. The highest BCUT2D eigenvalue weighted by Gasteiger charge is 2.46. The standard InChI is InChI=1S/C26H49O6P/c1-4-29-24-23(28)21(3)31-26(25(24)30-5-2)32-22(33)19-17-15-13-11-9-7-6-8-10-12-14-16-18-20-27/h6-7,20-26,28H,4-5,8-19,33H2,1-3H3/b7-6+/t21?,22?,23-,24?,25+,26+/m1/s1. The van der Waals surface area contributed by atoms with Crippen molar-refractivity contribution in [3.63, 3.8) is 0 Å². The van der Waals surface area contributed by atoms with E-state index in [9.17, 15) is 9.90 Å². The third kappa shape index (κ3) is 13.3. The van der Waals surface area contributed by atoms with Crippen LogP contribution in [0.5, 0.6) is 0 Å². The van der Waals surface area contributed by atoms with Gasteiger partial charge in [-0.2, -0.15) is 0 Å². The van der Waals surface area contributed by atoms with Crippen LogP contribution in [0.2, 0.25) is 0 Å². The molecule has 33 heavy (non-hydrogen) atoms. The minimum absolute atomic E-state index is 0.0193. The van der Waals surface area contributed by atoms with Gasteiger partial charge in [0.25, 0.3) is 0 Å². The molecule has 1 aliphatic rings. The first-order chi connectivity index (χ1) is 16.0. The Labute approximate surface area is 204 Å². The fraction of sp³-hybridized carbons (Fsp3) is 0.885. The van der Waals surface area contributed by atoms with Crippen LogP contribution in [-0.4, -0.2) is 61.2 Å². The highest BCUT2D eigenvalue weighted by molar-refractivity contribution is 7.17. The third-order valence-corrected chi connectivity index (χ3v) is 6.49. The quantitative estimate of drug-likeness (QED) is 0.105. The van der Waals surface area contributed by atoms with Crippen LogP contribution in [0.4, 0.5) is 0 Å². The van der Waals surface area contributed by atoms with Crippen LogP contribution in [0.1, 0.15) is 97.8 Å². The largest absolute Gasteiger partial charge is 0.388 e. The van der Waals surface area contributed by atoms with Gasteiger partial charge < -0.3 is 28.8 Å². The van der Waals surface area contributed by atoms with Gasteiger partial charge in [0.05, 0.1) is 11.9 Å². The molecule has 0 spiro atoms. The van der Waals surface area contributed by atoms with Crippen LogP contribution >= 0.6 is 9.24 Å². The number of rotatable bonds is 20. The van der Waals surface area contributed by atoms with Gasteiger partial charge >= 0.3 is 0 Å². The lowest BCUT2D eigenvalue weighted by Gasteiger charge is -2.43. The number of carbonyl (C=O) groups is 1. The minimum Gasteiger partial charge on any atom is -0.388 e. The average Bonchev–Trinajstić information content (AvgIpc) is 2.79. The number of hydrogen-bond donors (Lipinski definition) is 1. The van der Waals surface area contributed by atoms with Gasteiger partial charge in [-0.25, -0.2) is 0 Å². The van der Waals surface area contributed by atoms with E-state index in [-0.39, 0.29) is 11.9 Å². The van der Waals surface area contributed by atoms with Crippen molar-refractivity contribution < 1.29 is 28.8 Å². The van der Waals surface area contributed by atoms with Crippen molar-refractivity contribution in [1.82, 2.24) is 0 Å². The van der Waals surface area contributed by atoms with Crippen molar-refractivity contribution in [2.45, 2.75) is 134 Å². The maximum atomic E-state index is 10.5. The van der Waals surface area contributed by atoms with E-state index in [1.54, 1.807) is 0 Å². The van der Waals surface area contributed by atoms with Crippen LogP contribution in [0, 0.1) is 0 Å². The summed E-state index contributed by atoms with van der Waals surface area (Å²) in [7, 11) is 2.77. The summed E-state index contributed by atoms with van der Waals surface area (Å²) in [6, 6.07) is 0. The molecule has 194 valence electrons. The second kappa shape index (κ2) is 19.9. The molecule has 1 fully saturated rings. The summed E-state index contributed by atoms with van der Waals surface area (Å²) < 4.78 is 23.7. The van der Waals surface area contributed by atoms with E-state index in [0.29, 0.717) is 19.6 Å². The van der Waals surface area contributed by atoms with E-state index in [2.05, 4.69) is 21.4 Å². The van der Waals surface area contributed by atoms with Crippen molar-refractivity contribution >= 4 is 15.5 Å². The lowest BCUT2D eigenvalue weighted by Crippen LogP contribution is -2.59. The number of aldehydes is 1. The topological polar surface area (TPSA) is 74.2 Å². The van der Waals surface area contributed by atoms with Crippen molar-refractivity contribution in [3.05, 3.63) is 12.2 Å². The van der Waals surface area contributed by atoms with Gasteiger partial charge in [0, 0.05) is 19.6 Å². The SMILES string of the molecule is CCOC1[C@H](O)C(C)O[C@@H](OC(P)CCCCCC/C=C/CCCCCCC=O)[C@H]1OCC. The second-order valence-corrected chi connectivity index (χ2v) is 9.58. The Hall–Kier alpha value is -0.360. The van der Waals surface area contributed by atoms with Gasteiger partial charge in [-0.15, -0.1) is 9.24 Å². The van der Waals surface area contributed by atoms with Gasteiger partial charge in [0.2, 0.25) is 0 Å². The highest BCUT2D eigenvalue weighted by Crippen LogP contribution is 2.29. The molecule has 1 aliphatic heterocycles. The molecule has 1 N–H and O–H groups in total. The van der Waals surface area contributed by atoms with Crippen LogP contribution in [0.3, 0.4) is 0 Å². The first-order valence-electron chi connectivity index (χ1n) is 13.1. The number of allylic oxidation sites excluding steroid dienone is 2. The number of unbranched alkanes of at least 4 members (excludes halogenated alkanes) is 9. The minimum atomic E-state index is -0.730. The third-order valence-electron chi connectivity index (χ3n) is 6.00. The molecule has 0 aliphatic carbocycles. The lowest BCUT2D eigenvalue weighted by molar-refractivity contribution is -0.311. The lowest BCUT2D eigenvalue weighted by atomic mass is 9.99. The summed E-state index contributed by atoms with van der Waals surface area (Å²) in [6.07, 6.45) is 16.5. The molecule has 4 unspecified atom stereocenters. The molecule has 0 aromatic rings. The van der Waals surface area contributed by atoms with Gasteiger partial charge in [-0.1, -0.05) is 44.3 Å². The van der Waals surface area contributed by atoms with E-state index in [1.165, 1.54) is 38.5 Å². The van der Waals surface area contributed by atoms with Gasteiger partial charge in [-0.05, 0) is 59.3 Å². The zero-order valence-electron chi connectivity index (χ0n) is 21.2. The summed E-state index contributed by atoms with van der Waals surface area (Å²) in [5.41, 5.74) is 0. The second-order valence-electron chi connectivity index (χ2n) is 8.84. The predicted molar refractivity (Wildman–Crippen MR) is 136 cm³/mol. The maximum Gasteiger partial charge on any atom is 0.187 e. The summed E-state index contributed by atoms with van der Waals surface area (Å²) in [4.78, 5) is 10.3. The molecule has 0 amide bonds. The van der Waals surface area contributed by atoms with Gasteiger partial charge in [-0.3, -0.25) is 0 Å². The van der Waals surface area contributed by atoms with E-state index >= 15 is 0 Å². The van der Waals surface area contributed by atoms with Crippen molar-refractivity contribution in [1.29, 1.82) is 0 Å². The van der Waals surface area contributed by atoms with Crippen LogP contribution < -0.4 is 0 Å². The number of aliphatic hydroxyl groups excluding tert-OH is 1. The summed E-state index contributed by atoms with van der Waals surface area (Å²) in [5.74, 6) is -0.0193. The first kappa shape index (κ1) is 30.7. The fourth-order valence-electron chi connectivity index (χ4n) is 4.13. The molecule has 0 aromatic heterocycles. The monoisotopic (exact) mass is 488 g/mol. The maximum absolute atomic E-state index is 10.5. The molecule has 0 bridgehead atoms. The molecule has 0 saturated carbocycles. The normalized spacial score (nSPS) is 26.6. The molecule has 1 heterocycles. The molecule has 1 rings (SSSR count). The zero-order valence-corrected chi connectivity index (χ0v) is 22.3. The van der Waals surface area contributed by atoms with Crippen molar-refractivity contribution in [2.24, 2.45) is 0 Å². The van der Waals surface area contributed by atoms with Crippen molar-refractivity contribution in [3.8, 4) is 0 Å². The van der Waals surface area contributed by atoms with Crippen LogP contribution in [0.25, 0.3) is 0 Å². The van der Waals surface area contributed by atoms with Crippen LogP contribution in [0.15, 0.2) is 12.2 Å². The molecule has 6 nitrogen and oxygen atoms in total. The fourth-order valence-corrected chi connectivity index (χ4v) is 4.52. The Morgan fingerprint density at radius 3 is 2.00 bits per heavy atom. The first-order valence-corrected chi connectivity index (χ1v) is 13.8. The molecule has 0 radical (unpaired) electrons. The smallest absolute Gasteiger partial charge is 0.187 e. The average molecular weight is 489 g/mol. The van der Waals surface area contributed by atoms with Crippen LogP contribution in [-0.2, 0) is 23.7 Å². The summed E-state index contributed by atoms with van der Waals surface area (Å²) in [5, 5.41) is 10.5. The zero-order chi connectivity index (χ0) is 24.3. The van der Waals surface area contributed by atoms with E-state index in [1.807, 2.05) is 20.8 Å². The molecule has 7 atom stereocenters. The number of hydrogen-bond acceptors (Lipinski definition) is 6. The summed E-state index contributed by atoms with van der Waals surface area (Å²) in [6.45, 7) is 6.70. The highest BCUT2D eigenvalue weighted by atomic mass is 31.0. The number of carbonyl (C=O) groups excluding carboxylic acids is 1. The van der Waals surface area contributed by atoms with E-state index < -0.39 is 24.6 Å². The predicted octanol–water partition coefficient (Wildman–Crippen LogP) is 5.56. The number of aliphatic hydroxyl groups is 1. The number of ether oxygens (including phenoxy) is 4. The molecular weight excluding hydrogens is 439 g/mol. The van der Waals surface area contributed by atoms with E-state index in [4.69, 9.17) is 18.9 Å². The summed E-state index contributed by atoms with van der Waals surface area (Å²) >= 11 is 0. The Balaban J connectivity index is 2.17. The van der Waals surface area contributed by atoms with Crippen molar-refractivity contribution in [2.75, 3.05) is 13.2 Å².